The normalized spacial score (nSPS) is 11.4. The molecule has 0 amide bonds. The Hall–Kier alpha value is -1.44. The van der Waals surface area contributed by atoms with Gasteiger partial charge in [0.25, 0.3) is 0 Å². The molecule has 100 valence electrons. The van der Waals surface area contributed by atoms with Crippen molar-refractivity contribution < 1.29 is 23.1 Å². The summed E-state index contributed by atoms with van der Waals surface area (Å²) in [6.07, 6.45) is 0. The lowest BCUT2D eigenvalue weighted by molar-refractivity contribution is 0.0696. The number of aromatic carboxylic acids is 1. The van der Waals surface area contributed by atoms with Crippen LogP contribution in [0.4, 0.5) is 0 Å². The van der Waals surface area contributed by atoms with Gasteiger partial charge >= 0.3 is 5.97 Å². The minimum Gasteiger partial charge on any atom is -0.478 e. The monoisotopic (exact) mass is 273 g/mol. The van der Waals surface area contributed by atoms with Crippen molar-refractivity contribution in [3.05, 3.63) is 29.8 Å². The highest BCUT2D eigenvalue weighted by atomic mass is 32.2. The van der Waals surface area contributed by atoms with E-state index in [1.54, 1.807) is 0 Å². The van der Waals surface area contributed by atoms with Crippen LogP contribution in [0.1, 0.15) is 17.3 Å². The minimum absolute atomic E-state index is 0.0315. The first-order valence-electron chi connectivity index (χ1n) is 5.38. The average molecular weight is 273 g/mol. The van der Waals surface area contributed by atoms with E-state index in [-0.39, 0.29) is 17.0 Å². The fourth-order valence-electron chi connectivity index (χ4n) is 1.25. The fraction of sp³-hybridized carbons (Fsp3) is 0.364. The van der Waals surface area contributed by atoms with Crippen molar-refractivity contribution in [1.29, 1.82) is 0 Å². The van der Waals surface area contributed by atoms with Gasteiger partial charge in [-0.05, 0) is 31.2 Å². The molecule has 0 aliphatic carbocycles. The number of carboxylic acid groups (broad SMARTS) is 1. The van der Waals surface area contributed by atoms with Crippen LogP contribution in [0.2, 0.25) is 0 Å². The molecule has 0 bridgehead atoms. The number of benzene rings is 1. The van der Waals surface area contributed by atoms with Gasteiger partial charge in [-0.15, -0.1) is 0 Å². The third kappa shape index (κ3) is 4.10. The van der Waals surface area contributed by atoms with Gasteiger partial charge in [-0.2, -0.15) is 0 Å². The lowest BCUT2D eigenvalue weighted by Crippen LogP contribution is -2.27. The topological polar surface area (TPSA) is 92.7 Å². The first kappa shape index (κ1) is 14.6. The molecule has 0 spiro atoms. The van der Waals surface area contributed by atoms with Crippen LogP contribution in [-0.2, 0) is 14.8 Å². The quantitative estimate of drug-likeness (QED) is 0.713. The molecule has 0 saturated carbocycles. The molecule has 0 heterocycles. The summed E-state index contributed by atoms with van der Waals surface area (Å²) in [6, 6.07) is 5.01. The highest BCUT2D eigenvalue weighted by Crippen LogP contribution is 2.10. The van der Waals surface area contributed by atoms with Crippen LogP contribution in [0.3, 0.4) is 0 Å². The van der Waals surface area contributed by atoms with E-state index in [1.807, 2.05) is 6.92 Å². The van der Waals surface area contributed by atoms with Crippen LogP contribution in [0.5, 0.6) is 0 Å². The zero-order valence-electron chi connectivity index (χ0n) is 9.92. The van der Waals surface area contributed by atoms with E-state index in [0.29, 0.717) is 13.2 Å². The molecule has 0 atom stereocenters. The summed E-state index contributed by atoms with van der Waals surface area (Å²) in [5, 5.41) is 8.70. The van der Waals surface area contributed by atoms with Gasteiger partial charge in [0, 0.05) is 13.2 Å². The second-order valence-corrected chi connectivity index (χ2v) is 5.19. The summed E-state index contributed by atoms with van der Waals surface area (Å²) in [6.45, 7) is 2.81. The van der Waals surface area contributed by atoms with Gasteiger partial charge in [0.2, 0.25) is 10.0 Å². The Balaban J connectivity index is 2.70. The second kappa shape index (κ2) is 6.48. The molecule has 0 aromatic heterocycles. The van der Waals surface area contributed by atoms with Gasteiger partial charge in [0.1, 0.15) is 0 Å². The Kier molecular flexibility index (Phi) is 5.26. The van der Waals surface area contributed by atoms with Crippen molar-refractivity contribution in [3.8, 4) is 0 Å². The van der Waals surface area contributed by atoms with Gasteiger partial charge < -0.3 is 9.84 Å². The number of sulfonamides is 1. The lowest BCUT2D eigenvalue weighted by atomic mass is 10.2. The van der Waals surface area contributed by atoms with Gasteiger partial charge in [0.15, 0.2) is 0 Å². The lowest BCUT2D eigenvalue weighted by Gasteiger charge is -2.06. The molecular weight excluding hydrogens is 258 g/mol. The Morgan fingerprint density at radius 3 is 2.44 bits per heavy atom. The van der Waals surface area contributed by atoms with Crippen molar-refractivity contribution in [2.24, 2.45) is 0 Å². The van der Waals surface area contributed by atoms with Gasteiger partial charge in [-0.1, -0.05) is 0 Å². The van der Waals surface area contributed by atoms with E-state index in [1.165, 1.54) is 24.3 Å². The maximum Gasteiger partial charge on any atom is 0.335 e. The summed E-state index contributed by atoms with van der Waals surface area (Å²) in [5.41, 5.74) is 0.0447. The van der Waals surface area contributed by atoms with Crippen LogP contribution in [0.15, 0.2) is 29.2 Å². The third-order valence-corrected chi connectivity index (χ3v) is 3.63. The smallest absolute Gasteiger partial charge is 0.335 e. The molecule has 1 rings (SSSR count). The third-order valence-electron chi connectivity index (χ3n) is 2.15. The molecular formula is C11H15NO5S. The Labute approximate surface area is 106 Å². The Morgan fingerprint density at radius 2 is 1.94 bits per heavy atom. The summed E-state index contributed by atoms with van der Waals surface area (Å²) in [4.78, 5) is 10.7. The van der Waals surface area contributed by atoms with Crippen LogP contribution in [0.25, 0.3) is 0 Å². The molecule has 2 N–H and O–H groups in total. The van der Waals surface area contributed by atoms with Crippen molar-refractivity contribution in [2.45, 2.75) is 11.8 Å². The van der Waals surface area contributed by atoms with Gasteiger partial charge in [0.05, 0.1) is 17.1 Å². The van der Waals surface area contributed by atoms with E-state index >= 15 is 0 Å². The van der Waals surface area contributed by atoms with Crippen molar-refractivity contribution in [2.75, 3.05) is 19.8 Å². The van der Waals surface area contributed by atoms with Crippen molar-refractivity contribution in [1.82, 2.24) is 4.72 Å². The van der Waals surface area contributed by atoms with Crippen LogP contribution in [-0.4, -0.2) is 39.3 Å². The number of hydrogen-bond acceptors (Lipinski definition) is 4. The molecule has 0 saturated heterocycles. The molecule has 6 nitrogen and oxygen atoms in total. The molecule has 0 aliphatic rings. The number of carbonyl (C=O) groups is 1. The minimum atomic E-state index is -3.61. The first-order chi connectivity index (χ1) is 8.47. The van der Waals surface area contributed by atoms with Crippen molar-refractivity contribution in [3.63, 3.8) is 0 Å². The number of hydrogen-bond donors (Lipinski definition) is 2. The summed E-state index contributed by atoms with van der Waals surface area (Å²) >= 11 is 0. The fourth-order valence-corrected chi connectivity index (χ4v) is 2.27. The zero-order chi connectivity index (χ0) is 13.6. The number of carboxylic acids is 1. The second-order valence-electron chi connectivity index (χ2n) is 3.42. The van der Waals surface area contributed by atoms with Gasteiger partial charge in [-0.3, -0.25) is 0 Å². The zero-order valence-corrected chi connectivity index (χ0v) is 10.7. The first-order valence-corrected chi connectivity index (χ1v) is 6.86. The molecule has 1 aromatic carbocycles. The van der Waals surface area contributed by atoms with E-state index in [4.69, 9.17) is 9.84 Å². The maximum atomic E-state index is 11.8. The van der Waals surface area contributed by atoms with Gasteiger partial charge in [-0.25, -0.2) is 17.9 Å². The predicted octanol–water partition coefficient (Wildman–Crippen LogP) is 0.700. The molecule has 18 heavy (non-hydrogen) atoms. The predicted molar refractivity (Wildman–Crippen MR) is 65.1 cm³/mol. The molecule has 0 radical (unpaired) electrons. The average Bonchev–Trinajstić information content (AvgIpc) is 2.35. The largest absolute Gasteiger partial charge is 0.478 e. The molecule has 0 unspecified atom stereocenters. The van der Waals surface area contributed by atoms with Crippen molar-refractivity contribution >= 4 is 16.0 Å². The number of nitrogens with one attached hydrogen (secondary N) is 1. The number of rotatable bonds is 7. The SMILES string of the molecule is CCOCCNS(=O)(=O)c1ccc(C(=O)O)cc1. The maximum absolute atomic E-state index is 11.8. The van der Waals surface area contributed by atoms with Crippen LogP contribution in [0, 0.1) is 0 Å². The highest BCUT2D eigenvalue weighted by Gasteiger charge is 2.13. The Bertz CT molecular complexity index is 495. The summed E-state index contributed by atoms with van der Waals surface area (Å²) in [5.74, 6) is -1.09. The van der Waals surface area contributed by atoms with Crippen LogP contribution >= 0.6 is 0 Å². The highest BCUT2D eigenvalue weighted by molar-refractivity contribution is 7.89. The number of ether oxygens (including phenoxy) is 1. The Morgan fingerprint density at radius 1 is 1.33 bits per heavy atom. The van der Waals surface area contributed by atoms with E-state index in [2.05, 4.69) is 4.72 Å². The molecule has 7 heteroatoms. The summed E-state index contributed by atoms with van der Waals surface area (Å²) in [7, 11) is -3.61. The molecule has 0 fully saturated rings. The molecule has 1 aromatic rings. The van der Waals surface area contributed by atoms with E-state index < -0.39 is 16.0 Å². The standard InChI is InChI=1S/C11H15NO5S/c1-2-17-8-7-12-18(15,16)10-5-3-9(4-6-10)11(13)14/h3-6,12H,2,7-8H2,1H3,(H,13,14). The summed E-state index contributed by atoms with van der Waals surface area (Å²) < 4.78 is 30.9. The van der Waals surface area contributed by atoms with Crippen LogP contribution < -0.4 is 4.72 Å². The van der Waals surface area contributed by atoms with E-state index in [0.717, 1.165) is 0 Å². The van der Waals surface area contributed by atoms with E-state index in [9.17, 15) is 13.2 Å². The molecule has 0 aliphatic heterocycles.